The summed E-state index contributed by atoms with van der Waals surface area (Å²) in [4.78, 5) is 16.8. The molecule has 2 heterocycles. The summed E-state index contributed by atoms with van der Waals surface area (Å²) in [6, 6.07) is 6.40. The van der Waals surface area contributed by atoms with E-state index in [9.17, 15) is 4.79 Å². The Labute approximate surface area is 129 Å². The summed E-state index contributed by atoms with van der Waals surface area (Å²) >= 11 is 1.64. The minimum Gasteiger partial charge on any atom is -0.330 e. The fraction of sp³-hybridized carbons (Fsp3) is 0.412. The zero-order valence-corrected chi connectivity index (χ0v) is 13.5. The monoisotopic (exact) mass is 300 g/mol. The van der Waals surface area contributed by atoms with Crippen molar-refractivity contribution >= 4 is 27.5 Å². The van der Waals surface area contributed by atoms with Gasteiger partial charge in [0, 0.05) is 5.70 Å². The molecule has 1 saturated heterocycles. The van der Waals surface area contributed by atoms with Gasteiger partial charge in [-0.15, -0.1) is 11.3 Å². The maximum absolute atomic E-state index is 12.1. The standard InChI is InChI=1S/C17H20N2OS/c1-10-5-7-12(15(20)18-10)16-19-13-8-6-11(17(2,3)4)9-14(13)21-16/h6,8-9,12H,1,5,7H2,2-4H3,(H,18,20). The Kier molecular flexibility index (Phi) is 3.36. The lowest BCUT2D eigenvalue weighted by Crippen LogP contribution is -2.33. The molecule has 110 valence electrons. The van der Waals surface area contributed by atoms with Crippen molar-refractivity contribution in [3.05, 3.63) is 41.0 Å². The van der Waals surface area contributed by atoms with Crippen molar-refractivity contribution in [2.45, 2.75) is 44.9 Å². The van der Waals surface area contributed by atoms with Crippen LogP contribution in [0.25, 0.3) is 10.2 Å². The van der Waals surface area contributed by atoms with Gasteiger partial charge in [0.2, 0.25) is 5.91 Å². The molecular formula is C17H20N2OS. The van der Waals surface area contributed by atoms with Gasteiger partial charge < -0.3 is 5.32 Å². The van der Waals surface area contributed by atoms with Crippen LogP contribution in [0.3, 0.4) is 0 Å². The van der Waals surface area contributed by atoms with Gasteiger partial charge >= 0.3 is 0 Å². The Morgan fingerprint density at radius 3 is 2.81 bits per heavy atom. The molecule has 0 radical (unpaired) electrons. The second-order valence-corrected chi connectivity index (χ2v) is 7.73. The van der Waals surface area contributed by atoms with E-state index in [0.717, 1.165) is 33.8 Å². The molecule has 1 aliphatic heterocycles. The Hall–Kier alpha value is -1.68. The second kappa shape index (κ2) is 4.95. The highest BCUT2D eigenvalue weighted by Crippen LogP contribution is 2.35. The average molecular weight is 300 g/mol. The van der Waals surface area contributed by atoms with E-state index in [0.29, 0.717) is 0 Å². The van der Waals surface area contributed by atoms with Crippen LogP contribution in [0.5, 0.6) is 0 Å². The fourth-order valence-corrected chi connectivity index (χ4v) is 3.71. The highest BCUT2D eigenvalue weighted by molar-refractivity contribution is 7.18. The van der Waals surface area contributed by atoms with Crippen LogP contribution in [0.4, 0.5) is 0 Å². The lowest BCUT2D eigenvalue weighted by Gasteiger charge is -2.21. The fourth-order valence-electron chi connectivity index (χ4n) is 2.57. The van der Waals surface area contributed by atoms with Gasteiger partial charge in [0.05, 0.1) is 16.1 Å². The molecule has 3 nitrogen and oxygen atoms in total. The molecule has 2 aromatic rings. The molecule has 0 aliphatic carbocycles. The number of hydrogen-bond acceptors (Lipinski definition) is 3. The Morgan fingerprint density at radius 1 is 1.38 bits per heavy atom. The number of amides is 1. The van der Waals surface area contributed by atoms with Crippen LogP contribution < -0.4 is 5.32 Å². The lowest BCUT2D eigenvalue weighted by atomic mass is 9.87. The predicted octanol–water partition coefficient (Wildman–Crippen LogP) is 4.10. The topological polar surface area (TPSA) is 42.0 Å². The van der Waals surface area contributed by atoms with Crippen LogP contribution in [0.15, 0.2) is 30.5 Å². The quantitative estimate of drug-likeness (QED) is 0.861. The average Bonchev–Trinajstić information content (AvgIpc) is 2.79. The molecule has 1 N–H and O–H groups in total. The first-order valence-corrected chi connectivity index (χ1v) is 8.06. The zero-order valence-electron chi connectivity index (χ0n) is 12.7. The molecule has 21 heavy (non-hydrogen) atoms. The summed E-state index contributed by atoms with van der Waals surface area (Å²) in [7, 11) is 0. The summed E-state index contributed by atoms with van der Waals surface area (Å²) in [6.07, 6.45) is 1.64. The van der Waals surface area contributed by atoms with Gasteiger partial charge in [-0.25, -0.2) is 4.98 Å². The number of fused-ring (bicyclic) bond motifs is 1. The number of rotatable bonds is 1. The third-order valence-corrected chi connectivity index (χ3v) is 5.05. The zero-order chi connectivity index (χ0) is 15.2. The summed E-state index contributed by atoms with van der Waals surface area (Å²) in [5.74, 6) is -0.104. The predicted molar refractivity (Wildman–Crippen MR) is 87.6 cm³/mol. The molecule has 1 fully saturated rings. The van der Waals surface area contributed by atoms with Crippen LogP contribution in [0.1, 0.15) is 50.1 Å². The van der Waals surface area contributed by atoms with Crippen LogP contribution in [0.2, 0.25) is 0 Å². The van der Waals surface area contributed by atoms with E-state index in [4.69, 9.17) is 0 Å². The van der Waals surface area contributed by atoms with Gasteiger partial charge in [-0.05, 0) is 36.0 Å². The van der Waals surface area contributed by atoms with Gasteiger partial charge in [-0.2, -0.15) is 0 Å². The minimum absolute atomic E-state index is 0.0290. The normalized spacial score (nSPS) is 19.9. The van der Waals surface area contributed by atoms with Crippen molar-refractivity contribution in [1.29, 1.82) is 0 Å². The minimum atomic E-state index is -0.133. The molecule has 0 bridgehead atoms. The summed E-state index contributed by atoms with van der Waals surface area (Å²) in [5, 5.41) is 3.76. The molecule has 1 aromatic heterocycles. The number of allylic oxidation sites excluding steroid dienone is 1. The van der Waals surface area contributed by atoms with Crippen molar-refractivity contribution in [1.82, 2.24) is 10.3 Å². The van der Waals surface area contributed by atoms with E-state index in [2.05, 4.69) is 55.9 Å². The van der Waals surface area contributed by atoms with E-state index >= 15 is 0 Å². The molecule has 0 spiro atoms. The number of benzene rings is 1. The number of hydrogen-bond donors (Lipinski definition) is 1. The first kappa shape index (κ1) is 14.3. The Bertz CT molecular complexity index is 724. The summed E-state index contributed by atoms with van der Waals surface area (Å²) in [5.41, 5.74) is 3.22. The molecule has 1 aromatic carbocycles. The molecule has 1 unspecified atom stereocenters. The van der Waals surface area contributed by atoms with Crippen LogP contribution in [-0.4, -0.2) is 10.9 Å². The SMILES string of the molecule is C=C1CCC(c2nc3ccc(C(C)(C)C)cc3s2)C(=O)N1. The first-order chi connectivity index (χ1) is 9.84. The first-order valence-electron chi connectivity index (χ1n) is 7.24. The highest BCUT2D eigenvalue weighted by atomic mass is 32.1. The van der Waals surface area contributed by atoms with Gasteiger partial charge in [0.1, 0.15) is 5.01 Å². The lowest BCUT2D eigenvalue weighted by molar-refractivity contribution is -0.122. The molecule has 0 saturated carbocycles. The van der Waals surface area contributed by atoms with Crippen LogP contribution in [-0.2, 0) is 10.2 Å². The second-order valence-electron chi connectivity index (χ2n) is 6.67. The van der Waals surface area contributed by atoms with Crippen molar-refractivity contribution in [3.8, 4) is 0 Å². The molecule has 1 aliphatic rings. The summed E-state index contributed by atoms with van der Waals surface area (Å²) < 4.78 is 1.16. The van der Waals surface area contributed by atoms with E-state index in [1.54, 1.807) is 11.3 Å². The Morgan fingerprint density at radius 2 is 2.14 bits per heavy atom. The van der Waals surface area contributed by atoms with Crippen LogP contribution >= 0.6 is 11.3 Å². The van der Waals surface area contributed by atoms with Gasteiger partial charge in [0.25, 0.3) is 0 Å². The maximum Gasteiger partial charge on any atom is 0.234 e. The van der Waals surface area contributed by atoms with Crippen molar-refractivity contribution in [2.75, 3.05) is 0 Å². The molecule has 1 atom stereocenters. The largest absolute Gasteiger partial charge is 0.330 e. The van der Waals surface area contributed by atoms with E-state index < -0.39 is 0 Å². The smallest absolute Gasteiger partial charge is 0.234 e. The number of carbonyl (C=O) groups excluding carboxylic acids is 1. The van der Waals surface area contributed by atoms with Crippen LogP contribution in [0, 0.1) is 0 Å². The van der Waals surface area contributed by atoms with E-state index in [-0.39, 0.29) is 17.2 Å². The molecule has 4 heteroatoms. The van der Waals surface area contributed by atoms with Crippen molar-refractivity contribution in [3.63, 3.8) is 0 Å². The summed E-state index contributed by atoms with van der Waals surface area (Å²) in [6.45, 7) is 10.4. The van der Waals surface area contributed by atoms with E-state index in [1.165, 1.54) is 5.56 Å². The molecular weight excluding hydrogens is 280 g/mol. The number of piperidine rings is 1. The Balaban J connectivity index is 1.98. The molecule has 3 rings (SSSR count). The van der Waals surface area contributed by atoms with Crippen molar-refractivity contribution in [2.24, 2.45) is 0 Å². The highest BCUT2D eigenvalue weighted by Gasteiger charge is 2.28. The number of nitrogens with one attached hydrogen (secondary N) is 1. The number of thiazole rings is 1. The number of aromatic nitrogens is 1. The van der Waals surface area contributed by atoms with Gasteiger partial charge in [-0.1, -0.05) is 33.4 Å². The van der Waals surface area contributed by atoms with E-state index in [1.807, 2.05) is 0 Å². The molecule has 1 amide bonds. The maximum atomic E-state index is 12.1. The third kappa shape index (κ3) is 2.72. The number of carbonyl (C=O) groups is 1. The number of nitrogens with zero attached hydrogens (tertiary/aromatic N) is 1. The van der Waals surface area contributed by atoms with Gasteiger partial charge in [0.15, 0.2) is 0 Å². The van der Waals surface area contributed by atoms with Crippen molar-refractivity contribution < 1.29 is 4.79 Å². The third-order valence-electron chi connectivity index (χ3n) is 3.92. The van der Waals surface area contributed by atoms with Gasteiger partial charge in [-0.3, -0.25) is 4.79 Å².